The minimum Gasteiger partial charge on any atom is -0.393 e. The molecular formula is C14H19F3N2O2. The fraction of sp³-hybridized carbons (Fsp3) is 0.643. The normalized spacial score (nSPS) is 23.0. The number of nitrogens with one attached hydrogen (secondary N) is 1. The quantitative estimate of drug-likeness (QED) is 0.897. The highest BCUT2D eigenvalue weighted by atomic mass is 19.4. The van der Waals surface area contributed by atoms with Crippen molar-refractivity contribution in [2.45, 2.75) is 44.5 Å². The van der Waals surface area contributed by atoms with Gasteiger partial charge in [0, 0.05) is 18.7 Å². The second kappa shape index (κ2) is 6.51. The van der Waals surface area contributed by atoms with Gasteiger partial charge in [-0.15, -0.1) is 0 Å². The topological polar surface area (TPSA) is 54.3 Å². The first-order valence-corrected chi connectivity index (χ1v) is 7.05. The Morgan fingerprint density at radius 1 is 1.38 bits per heavy atom. The first-order valence-electron chi connectivity index (χ1n) is 7.05. The standard InChI is InChI=1S/C14H19F3N2O2/c15-14(16,17)9-19-7-3-5-11(19)13(21)18-8-10-4-1-2-6-12(10)20/h3,5,7,10,12,20H,1-2,4,6,8-9H2,(H,18,21). The molecule has 1 aliphatic rings. The molecule has 4 nitrogen and oxygen atoms in total. The molecule has 1 aliphatic carbocycles. The molecule has 2 N–H and O–H groups in total. The second-order valence-electron chi connectivity index (χ2n) is 5.46. The summed E-state index contributed by atoms with van der Waals surface area (Å²) in [6, 6.07) is 2.77. The van der Waals surface area contributed by atoms with Crippen molar-refractivity contribution in [2.24, 2.45) is 5.92 Å². The molecule has 118 valence electrons. The molecule has 2 atom stereocenters. The van der Waals surface area contributed by atoms with Crippen molar-refractivity contribution in [1.29, 1.82) is 0 Å². The van der Waals surface area contributed by atoms with E-state index in [1.54, 1.807) is 0 Å². The number of rotatable bonds is 4. The molecule has 21 heavy (non-hydrogen) atoms. The van der Waals surface area contributed by atoms with Crippen LogP contribution in [-0.2, 0) is 6.54 Å². The Balaban J connectivity index is 1.93. The summed E-state index contributed by atoms with van der Waals surface area (Å²) in [5.41, 5.74) is -0.0161. The van der Waals surface area contributed by atoms with Gasteiger partial charge < -0.3 is 15.0 Å². The van der Waals surface area contributed by atoms with Gasteiger partial charge in [0.25, 0.3) is 5.91 Å². The monoisotopic (exact) mass is 304 g/mol. The van der Waals surface area contributed by atoms with Crippen molar-refractivity contribution in [1.82, 2.24) is 9.88 Å². The van der Waals surface area contributed by atoms with Gasteiger partial charge in [0.15, 0.2) is 0 Å². The van der Waals surface area contributed by atoms with Gasteiger partial charge >= 0.3 is 6.18 Å². The molecule has 1 saturated carbocycles. The lowest BCUT2D eigenvalue weighted by molar-refractivity contribution is -0.140. The van der Waals surface area contributed by atoms with Gasteiger partial charge in [-0.25, -0.2) is 0 Å². The molecule has 2 rings (SSSR count). The van der Waals surface area contributed by atoms with Crippen LogP contribution in [0.25, 0.3) is 0 Å². The molecular weight excluding hydrogens is 285 g/mol. The number of aromatic nitrogens is 1. The fourth-order valence-corrected chi connectivity index (χ4v) is 2.69. The maximum Gasteiger partial charge on any atom is 0.406 e. The average Bonchev–Trinajstić information content (AvgIpc) is 2.83. The van der Waals surface area contributed by atoms with Gasteiger partial charge in [-0.05, 0) is 25.0 Å². The first-order chi connectivity index (χ1) is 9.87. The Morgan fingerprint density at radius 2 is 2.10 bits per heavy atom. The summed E-state index contributed by atoms with van der Waals surface area (Å²) >= 11 is 0. The Labute approximate surface area is 120 Å². The van der Waals surface area contributed by atoms with E-state index in [9.17, 15) is 23.1 Å². The lowest BCUT2D eigenvalue weighted by Crippen LogP contribution is -2.37. The van der Waals surface area contributed by atoms with E-state index in [1.165, 1.54) is 18.3 Å². The number of aliphatic hydroxyl groups excluding tert-OH is 1. The lowest BCUT2D eigenvalue weighted by Gasteiger charge is -2.27. The molecule has 1 heterocycles. The second-order valence-corrected chi connectivity index (χ2v) is 5.46. The number of aliphatic hydroxyl groups is 1. The summed E-state index contributed by atoms with van der Waals surface area (Å²) < 4.78 is 38.1. The molecule has 0 saturated heterocycles. The summed E-state index contributed by atoms with van der Waals surface area (Å²) in [6.45, 7) is -0.897. The van der Waals surface area contributed by atoms with Crippen molar-refractivity contribution in [2.75, 3.05) is 6.54 Å². The summed E-state index contributed by atoms with van der Waals surface area (Å²) in [5.74, 6) is -0.559. The van der Waals surface area contributed by atoms with Crippen LogP contribution in [0, 0.1) is 5.92 Å². The van der Waals surface area contributed by atoms with Crippen molar-refractivity contribution in [3.63, 3.8) is 0 Å². The fourth-order valence-electron chi connectivity index (χ4n) is 2.69. The number of amides is 1. The molecule has 7 heteroatoms. The Hall–Kier alpha value is -1.50. The molecule has 0 aliphatic heterocycles. The van der Waals surface area contributed by atoms with Gasteiger partial charge in [0.2, 0.25) is 0 Å². The zero-order valence-electron chi connectivity index (χ0n) is 11.6. The molecule has 1 aromatic rings. The number of hydrogen-bond donors (Lipinski definition) is 2. The lowest BCUT2D eigenvalue weighted by atomic mass is 9.86. The summed E-state index contributed by atoms with van der Waals surface area (Å²) in [4.78, 5) is 12.0. The zero-order valence-corrected chi connectivity index (χ0v) is 11.6. The van der Waals surface area contributed by atoms with Gasteiger partial charge in [-0.2, -0.15) is 13.2 Å². The van der Waals surface area contributed by atoms with E-state index in [1.807, 2.05) is 0 Å². The van der Waals surface area contributed by atoms with Gasteiger partial charge in [-0.3, -0.25) is 4.79 Å². The van der Waals surface area contributed by atoms with Crippen LogP contribution in [0.3, 0.4) is 0 Å². The van der Waals surface area contributed by atoms with Crippen molar-refractivity contribution >= 4 is 5.91 Å². The number of nitrogens with zero attached hydrogens (tertiary/aromatic N) is 1. The van der Waals surface area contributed by atoms with E-state index < -0.39 is 24.7 Å². The number of carbonyl (C=O) groups is 1. The van der Waals surface area contributed by atoms with Crippen molar-refractivity contribution in [3.05, 3.63) is 24.0 Å². The van der Waals surface area contributed by atoms with E-state index >= 15 is 0 Å². The highest BCUT2D eigenvalue weighted by molar-refractivity contribution is 5.92. The number of carbonyl (C=O) groups excluding carboxylic acids is 1. The van der Waals surface area contributed by atoms with Crippen LogP contribution in [0.15, 0.2) is 18.3 Å². The smallest absolute Gasteiger partial charge is 0.393 e. The van der Waals surface area contributed by atoms with Crippen LogP contribution in [0.4, 0.5) is 13.2 Å². The maximum absolute atomic E-state index is 12.4. The Bertz CT molecular complexity index is 485. The molecule has 2 unspecified atom stereocenters. The highest BCUT2D eigenvalue weighted by Gasteiger charge is 2.30. The minimum atomic E-state index is -4.37. The Kier molecular flexibility index (Phi) is 4.92. The van der Waals surface area contributed by atoms with Gasteiger partial charge in [0.1, 0.15) is 12.2 Å². The van der Waals surface area contributed by atoms with Gasteiger partial charge in [-0.1, -0.05) is 12.8 Å². The van der Waals surface area contributed by atoms with Crippen LogP contribution in [0.5, 0.6) is 0 Å². The zero-order chi connectivity index (χ0) is 15.5. The maximum atomic E-state index is 12.4. The predicted octanol–water partition coefficient (Wildman–Crippen LogP) is 2.33. The van der Waals surface area contributed by atoms with Crippen LogP contribution < -0.4 is 5.32 Å². The number of alkyl halides is 3. The van der Waals surface area contributed by atoms with Gasteiger partial charge in [0.05, 0.1) is 6.10 Å². The third-order valence-electron chi connectivity index (χ3n) is 3.81. The molecule has 1 fully saturated rings. The SMILES string of the molecule is O=C(NCC1CCCCC1O)c1cccn1CC(F)(F)F. The summed E-state index contributed by atoms with van der Waals surface area (Å²) in [6.07, 6.45) is -0.0650. The molecule has 0 aromatic carbocycles. The van der Waals surface area contributed by atoms with Crippen molar-refractivity contribution < 1.29 is 23.1 Å². The van der Waals surface area contributed by atoms with E-state index in [0.29, 0.717) is 6.42 Å². The van der Waals surface area contributed by atoms with E-state index in [4.69, 9.17) is 0 Å². The van der Waals surface area contributed by atoms with Crippen LogP contribution in [0.2, 0.25) is 0 Å². The van der Waals surface area contributed by atoms with E-state index in [0.717, 1.165) is 23.8 Å². The highest BCUT2D eigenvalue weighted by Crippen LogP contribution is 2.24. The summed E-state index contributed by atoms with van der Waals surface area (Å²) in [7, 11) is 0. The van der Waals surface area contributed by atoms with Crippen molar-refractivity contribution in [3.8, 4) is 0 Å². The number of halogens is 3. The third-order valence-corrected chi connectivity index (χ3v) is 3.81. The Morgan fingerprint density at radius 3 is 2.76 bits per heavy atom. The average molecular weight is 304 g/mol. The number of hydrogen-bond acceptors (Lipinski definition) is 2. The largest absolute Gasteiger partial charge is 0.406 e. The van der Waals surface area contributed by atoms with E-state index in [-0.39, 0.29) is 18.2 Å². The molecule has 1 aromatic heterocycles. The van der Waals surface area contributed by atoms with Crippen LogP contribution >= 0.6 is 0 Å². The molecule has 0 radical (unpaired) electrons. The van der Waals surface area contributed by atoms with Crippen LogP contribution in [0.1, 0.15) is 36.2 Å². The first kappa shape index (κ1) is 15.9. The molecule has 0 bridgehead atoms. The predicted molar refractivity (Wildman–Crippen MR) is 70.8 cm³/mol. The third kappa shape index (κ3) is 4.49. The summed E-state index contributed by atoms with van der Waals surface area (Å²) in [5, 5.41) is 12.4. The molecule has 0 spiro atoms. The van der Waals surface area contributed by atoms with E-state index in [2.05, 4.69) is 5.32 Å². The molecule has 1 amide bonds. The minimum absolute atomic E-state index is 0.0161. The van der Waals surface area contributed by atoms with Crippen LogP contribution in [-0.4, -0.2) is 34.4 Å².